The first kappa shape index (κ1) is 20.5. The first-order valence-corrected chi connectivity index (χ1v) is 9.89. The summed E-state index contributed by atoms with van der Waals surface area (Å²) >= 11 is 0. The number of aromatic nitrogens is 1. The quantitative estimate of drug-likeness (QED) is 0.294. The molecule has 7 nitrogen and oxygen atoms in total. The molecule has 2 aromatic heterocycles. The van der Waals surface area contributed by atoms with Crippen LogP contribution >= 0.6 is 0 Å². The lowest BCUT2D eigenvalue weighted by molar-refractivity contribution is -0.402. The smallest absolute Gasteiger partial charge is 0.401 e. The van der Waals surface area contributed by atoms with Gasteiger partial charge in [-0.05, 0) is 56.4 Å². The molecule has 0 unspecified atom stereocenters. The number of para-hydroxylation sites is 1. The second-order valence-electron chi connectivity index (χ2n) is 6.69. The molecule has 7 heteroatoms. The number of nitrogens with one attached hydrogen (secondary N) is 1. The number of nitrogens with zero attached hydrogens (tertiary/aromatic N) is 3. The van der Waals surface area contributed by atoms with Crippen molar-refractivity contribution in [2.75, 3.05) is 31.5 Å². The monoisotopic (exact) mass is 394 g/mol. The first-order valence-electron chi connectivity index (χ1n) is 9.89. The van der Waals surface area contributed by atoms with Crippen LogP contribution in [0, 0.1) is 10.1 Å². The summed E-state index contributed by atoms with van der Waals surface area (Å²) in [5.41, 5.74) is 2.67. The predicted octanol–water partition coefficient (Wildman–Crippen LogP) is 5.05. The highest BCUT2D eigenvalue weighted by Gasteiger charge is 2.10. The minimum atomic E-state index is -0.552. The summed E-state index contributed by atoms with van der Waals surface area (Å²) in [6.45, 7) is 8.46. The van der Waals surface area contributed by atoms with Gasteiger partial charge in [0.05, 0.1) is 23.0 Å². The van der Waals surface area contributed by atoms with Crippen LogP contribution in [0.2, 0.25) is 0 Å². The largest absolute Gasteiger partial charge is 0.433 e. The molecule has 0 aliphatic heterocycles. The van der Waals surface area contributed by atoms with Crippen molar-refractivity contribution >= 4 is 34.6 Å². The predicted molar refractivity (Wildman–Crippen MR) is 117 cm³/mol. The van der Waals surface area contributed by atoms with Crippen LogP contribution in [0.5, 0.6) is 0 Å². The van der Waals surface area contributed by atoms with Crippen molar-refractivity contribution in [3.05, 3.63) is 64.0 Å². The third-order valence-electron chi connectivity index (χ3n) is 4.81. The number of furan rings is 1. The minimum Gasteiger partial charge on any atom is -0.401 e. The molecular weight excluding hydrogens is 368 g/mol. The van der Waals surface area contributed by atoms with Gasteiger partial charge in [-0.3, -0.25) is 10.1 Å². The molecule has 0 aliphatic carbocycles. The van der Waals surface area contributed by atoms with Crippen LogP contribution in [0.3, 0.4) is 0 Å². The SMILES string of the molecule is CCN(CC)CCCNc1cccc2ccc(/C=C/c3ccc([N+](=O)[O-])o3)nc12. The molecule has 0 saturated carbocycles. The zero-order valence-electron chi connectivity index (χ0n) is 16.8. The molecule has 1 N–H and O–H groups in total. The molecule has 0 amide bonds. The highest BCUT2D eigenvalue weighted by molar-refractivity contribution is 5.91. The van der Waals surface area contributed by atoms with E-state index in [1.807, 2.05) is 30.3 Å². The summed E-state index contributed by atoms with van der Waals surface area (Å²) in [5, 5.41) is 15.3. The Morgan fingerprint density at radius 3 is 2.69 bits per heavy atom. The van der Waals surface area contributed by atoms with Crippen LogP contribution in [0.15, 0.2) is 46.9 Å². The highest BCUT2D eigenvalue weighted by atomic mass is 16.6. The van der Waals surface area contributed by atoms with Gasteiger partial charge in [0.2, 0.25) is 0 Å². The third-order valence-corrected chi connectivity index (χ3v) is 4.81. The van der Waals surface area contributed by atoms with Crippen molar-refractivity contribution in [2.24, 2.45) is 0 Å². The minimum absolute atomic E-state index is 0.271. The number of anilines is 1. The highest BCUT2D eigenvalue weighted by Crippen LogP contribution is 2.23. The van der Waals surface area contributed by atoms with E-state index < -0.39 is 4.92 Å². The van der Waals surface area contributed by atoms with Crippen molar-refractivity contribution in [1.29, 1.82) is 0 Å². The molecule has 152 valence electrons. The van der Waals surface area contributed by atoms with Gasteiger partial charge in [-0.25, -0.2) is 4.98 Å². The van der Waals surface area contributed by atoms with Crippen molar-refractivity contribution < 1.29 is 9.34 Å². The molecule has 29 heavy (non-hydrogen) atoms. The van der Waals surface area contributed by atoms with E-state index >= 15 is 0 Å². The van der Waals surface area contributed by atoms with E-state index in [-0.39, 0.29) is 5.88 Å². The molecule has 0 spiro atoms. The van der Waals surface area contributed by atoms with E-state index in [1.165, 1.54) is 6.07 Å². The standard InChI is InChI=1S/C22H26N4O3/c1-3-25(4-2)16-6-15-23-20-8-5-7-17-9-10-18(24-22(17)20)11-12-19-13-14-21(29-19)26(27)28/h5,7-14,23H,3-4,6,15-16H2,1-2H3/b12-11+. The number of fused-ring (bicyclic) bond motifs is 1. The summed E-state index contributed by atoms with van der Waals surface area (Å²) < 4.78 is 5.15. The summed E-state index contributed by atoms with van der Waals surface area (Å²) in [5.74, 6) is 0.147. The van der Waals surface area contributed by atoms with E-state index in [1.54, 1.807) is 18.2 Å². The number of hydrogen-bond acceptors (Lipinski definition) is 6. The van der Waals surface area contributed by atoms with E-state index in [0.29, 0.717) is 5.76 Å². The maximum absolute atomic E-state index is 10.7. The number of nitro groups is 1. The molecular formula is C22H26N4O3. The van der Waals surface area contributed by atoms with Crippen molar-refractivity contribution in [3.8, 4) is 0 Å². The van der Waals surface area contributed by atoms with Gasteiger partial charge in [-0.2, -0.15) is 0 Å². The molecule has 0 saturated heterocycles. The zero-order valence-corrected chi connectivity index (χ0v) is 16.8. The number of pyridine rings is 1. The van der Waals surface area contributed by atoms with Crippen LogP contribution in [0.1, 0.15) is 31.7 Å². The van der Waals surface area contributed by atoms with Crippen molar-refractivity contribution in [3.63, 3.8) is 0 Å². The average Bonchev–Trinajstić information content (AvgIpc) is 3.22. The topological polar surface area (TPSA) is 84.4 Å². The second kappa shape index (κ2) is 9.84. The van der Waals surface area contributed by atoms with E-state index in [2.05, 4.69) is 24.1 Å². The Kier molecular flexibility index (Phi) is 6.97. The van der Waals surface area contributed by atoms with Gasteiger partial charge in [0.1, 0.15) is 10.7 Å². The number of rotatable bonds is 10. The van der Waals surface area contributed by atoms with E-state index in [0.717, 1.165) is 54.9 Å². The number of hydrogen-bond donors (Lipinski definition) is 1. The summed E-state index contributed by atoms with van der Waals surface area (Å²) in [7, 11) is 0. The Bertz CT molecular complexity index is 993. The van der Waals surface area contributed by atoms with Gasteiger partial charge in [0.15, 0.2) is 0 Å². The summed E-state index contributed by atoms with van der Waals surface area (Å²) in [6, 6.07) is 12.9. The molecule has 0 atom stereocenters. The fourth-order valence-corrected chi connectivity index (χ4v) is 3.16. The fraction of sp³-hybridized carbons (Fsp3) is 0.318. The van der Waals surface area contributed by atoms with Crippen LogP contribution in [0.4, 0.5) is 11.6 Å². The van der Waals surface area contributed by atoms with E-state index in [9.17, 15) is 10.1 Å². The Morgan fingerprint density at radius 1 is 1.14 bits per heavy atom. The van der Waals surface area contributed by atoms with Crippen LogP contribution in [-0.2, 0) is 0 Å². The van der Waals surface area contributed by atoms with Crippen LogP contribution in [-0.4, -0.2) is 41.0 Å². The molecule has 0 radical (unpaired) electrons. The van der Waals surface area contributed by atoms with Gasteiger partial charge in [-0.1, -0.05) is 32.0 Å². The number of benzene rings is 1. The second-order valence-corrected chi connectivity index (χ2v) is 6.69. The molecule has 0 bridgehead atoms. The third kappa shape index (κ3) is 5.42. The van der Waals surface area contributed by atoms with Gasteiger partial charge >= 0.3 is 5.88 Å². The average molecular weight is 394 g/mol. The summed E-state index contributed by atoms with van der Waals surface area (Å²) in [4.78, 5) is 17.3. The molecule has 0 aliphatic rings. The molecule has 0 fully saturated rings. The van der Waals surface area contributed by atoms with Crippen LogP contribution in [0.25, 0.3) is 23.1 Å². The molecule has 1 aromatic carbocycles. The zero-order chi connectivity index (χ0) is 20.6. The molecule has 3 rings (SSSR count). The Morgan fingerprint density at radius 2 is 1.97 bits per heavy atom. The van der Waals surface area contributed by atoms with Crippen molar-refractivity contribution in [2.45, 2.75) is 20.3 Å². The maximum atomic E-state index is 10.7. The normalized spacial score (nSPS) is 11.6. The maximum Gasteiger partial charge on any atom is 0.433 e. The lowest BCUT2D eigenvalue weighted by atomic mass is 10.1. The van der Waals surface area contributed by atoms with Gasteiger partial charge in [0.25, 0.3) is 0 Å². The fourth-order valence-electron chi connectivity index (χ4n) is 3.16. The van der Waals surface area contributed by atoms with E-state index in [4.69, 9.17) is 9.40 Å². The van der Waals surface area contributed by atoms with Gasteiger partial charge in [0, 0.05) is 11.9 Å². The Balaban J connectivity index is 1.71. The van der Waals surface area contributed by atoms with Gasteiger partial charge < -0.3 is 14.6 Å². The Labute approximate surface area is 170 Å². The first-order chi connectivity index (χ1) is 14.1. The molecule has 2 heterocycles. The summed E-state index contributed by atoms with van der Waals surface area (Å²) in [6.07, 6.45) is 4.54. The van der Waals surface area contributed by atoms with Crippen LogP contribution < -0.4 is 5.32 Å². The van der Waals surface area contributed by atoms with Gasteiger partial charge in [-0.15, -0.1) is 0 Å². The lowest BCUT2D eigenvalue weighted by Gasteiger charge is -2.18. The van der Waals surface area contributed by atoms with Crippen molar-refractivity contribution in [1.82, 2.24) is 9.88 Å². The molecule has 3 aromatic rings. The lowest BCUT2D eigenvalue weighted by Crippen LogP contribution is -2.25. The Hall–Kier alpha value is -3.19.